The third-order valence-corrected chi connectivity index (χ3v) is 8.78. The molecule has 1 aromatic rings. The number of carbonyl (C=O) groups is 5. The number of nitrogens with one attached hydrogen (secondary N) is 1. The quantitative estimate of drug-likeness (QED) is 0.347. The summed E-state index contributed by atoms with van der Waals surface area (Å²) in [6.45, 7) is 3.61. The van der Waals surface area contributed by atoms with E-state index in [9.17, 15) is 47.4 Å². The highest BCUT2D eigenvalue weighted by Gasteiger charge is 2.55. The molecular weight excluding hydrogens is 605 g/mol. The Bertz CT molecular complexity index is 1550. The minimum absolute atomic E-state index is 0.0431. The Labute approximate surface area is 254 Å². The van der Waals surface area contributed by atoms with E-state index in [4.69, 9.17) is 19.9 Å². The molecule has 3 aliphatic carbocycles. The van der Waals surface area contributed by atoms with Gasteiger partial charge in [-0.3, -0.25) is 24.0 Å². The molecule has 45 heavy (non-hydrogen) atoms. The van der Waals surface area contributed by atoms with Crippen molar-refractivity contribution in [1.29, 1.82) is 0 Å². The van der Waals surface area contributed by atoms with E-state index >= 15 is 0 Å². The number of rotatable bonds is 5. The highest BCUT2D eigenvalue weighted by Crippen LogP contribution is 2.50. The third-order valence-electron chi connectivity index (χ3n) is 8.78. The number of fused-ring (bicyclic) bond motifs is 3. The smallest absolute Gasteiger partial charge is 0.471 e. The zero-order valence-corrected chi connectivity index (χ0v) is 24.3. The van der Waals surface area contributed by atoms with Crippen LogP contribution in [-0.4, -0.2) is 81.8 Å². The number of alkyl halides is 3. The van der Waals surface area contributed by atoms with Crippen LogP contribution in [0.5, 0.6) is 0 Å². The van der Waals surface area contributed by atoms with Crippen LogP contribution >= 0.6 is 0 Å². The predicted molar refractivity (Wildman–Crippen MR) is 146 cm³/mol. The van der Waals surface area contributed by atoms with Crippen molar-refractivity contribution in [3.8, 4) is 0 Å². The average Bonchev–Trinajstić information content (AvgIpc) is 2.94. The molecule has 0 spiro atoms. The van der Waals surface area contributed by atoms with Crippen LogP contribution in [-0.2, 0) is 28.6 Å². The Morgan fingerprint density at radius 2 is 1.62 bits per heavy atom. The SMILES string of the molecule is CC(=O)O[C@H]1[C@@H](NC(=O)C(F)(F)F)C[C@H](O[C@H]2C[C@](N)(C(C)=O)CC3=C(O)C4C(=O)c5ccccc5C(=O)C4C(O)=C32)O[C@H]1C. The largest absolute Gasteiger partial charge is 0.511 e. The molecule has 0 bridgehead atoms. The van der Waals surface area contributed by atoms with Crippen molar-refractivity contribution in [2.75, 3.05) is 0 Å². The van der Waals surface area contributed by atoms with E-state index in [1.54, 1.807) is 17.4 Å². The van der Waals surface area contributed by atoms with E-state index in [-0.39, 0.29) is 35.1 Å². The molecule has 1 saturated carbocycles. The number of Topliss-reactive ketones (excluding diaryl/α,β-unsaturated/α-hetero) is 3. The number of carbonyl (C=O) groups excluding carboxylic acids is 5. The van der Waals surface area contributed by atoms with Gasteiger partial charge in [0.15, 0.2) is 17.9 Å². The fraction of sp³-hybridized carbons (Fsp3) is 0.500. The number of aliphatic hydroxyl groups is 2. The molecule has 0 aromatic heterocycles. The second-order valence-electron chi connectivity index (χ2n) is 11.8. The molecule has 1 aliphatic heterocycles. The molecule has 1 amide bonds. The van der Waals surface area contributed by atoms with Crippen LogP contribution in [0.15, 0.2) is 46.9 Å². The molecule has 5 N–H and O–H groups in total. The molecule has 5 rings (SSSR count). The Balaban J connectivity index is 1.54. The number of aliphatic hydroxyl groups excluding tert-OH is 2. The van der Waals surface area contributed by atoms with Crippen LogP contribution in [0.25, 0.3) is 0 Å². The lowest BCUT2D eigenvalue weighted by molar-refractivity contribution is -0.245. The minimum Gasteiger partial charge on any atom is -0.511 e. The van der Waals surface area contributed by atoms with Crippen LogP contribution in [0.3, 0.4) is 0 Å². The van der Waals surface area contributed by atoms with Crippen LogP contribution in [0.2, 0.25) is 0 Å². The molecule has 12 nitrogen and oxygen atoms in total. The third kappa shape index (κ3) is 5.64. The Morgan fingerprint density at radius 1 is 1.04 bits per heavy atom. The Kier molecular flexibility index (Phi) is 8.17. The lowest BCUT2D eigenvalue weighted by atomic mass is 9.62. The maximum atomic E-state index is 13.6. The molecule has 242 valence electrons. The summed E-state index contributed by atoms with van der Waals surface area (Å²) in [7, 11) is 0. The number of hydrogen-bond donors (Lipinski definition) is 4. The summed E-state index contributed by atoms with van der Waals surface area (Å²) in [5.41, 5.74) is 4.68. The number of benzene rings is 1. The first-order chi connectivity index (χ1) is 20.9. The summed E-state index contributed by atoms with van der Waals surface area (Å²) in [5.74, 6) is -9.07. The Morgan fingerprint density at radius 3 is 2.16 bits per heavy atom. The second kappa shape index (κ2) is 11.4. The van der Waals surface area contributed by atoms with Crippen molar-refractivity contribution >= 4 is 29.2 Å². The number of amides is 1. The van der Waals surface area contributed by atoms with Crippen LogP contribution in [0, 0.1) is 11.8 Å². The zero-order valence-electron chi connectivity index (χ0n) is 24.3. The molecule has 8 atom stereocenters. The number of ether oxygens (including phenoxy) is 3. The van der Waals surface area contributed by atoms with Gasteiger partial charge in [-0.2, -0.15) is 13.2 Å². The Hall–Kier alpha value is -4.08. The summed E-state index contributed by atoms with van der Waals surface area (Å²) < 4.78 is 56.4. The summed E-state index contributed by atoms with van der Waals surface area (Å²) in [6, 6.07) is 4.49. The summed E-state index contributed by atoms with van der Waals surface area (Å²) in [6.07, 6.45) is -11.6. The molecule has 1 aromatic carbocycles. The summed E-state index contributed by atoms with van der Waals surface area (Å²) >= 11 is 0. The van der Waals surface area contributed by atoms with Gasteiger partial charge in [-0.25, -0.2) is 0 Å². The van der Waals surface area contributed by atoms with Crippen molar-refractivity contribution in [3.63, 3.8) is 0 Å². The van der Waals surface area contributed by atoms with Gasteiger partial charge in [-0.15, -0.1) is 0 Å². The topological polar surface area (TPSA) is 192 Å². The molecule has 1 heterocycles. The van der Waals surface area contributed by atoms with Gasteiger partial charge in [0, 0.05) is 48.5 Å². The number of nitrogens with two attached hydrogens (primary N) is 1. The standard InChI is InChI=1S/C30H31F3N2O10/c1-11-27(44-13(3)37)17(35-28(42)30(31,32)33)8-19(43-11)45-18-10-29(34,12(2)36)9-16-20(18)26(41)22-21(25(16)40)23(38)14-6-4-5-7-15(14)24(22)39/h4-7,11,17-19,21-22,27,40-41H,8-10,34H2,1-3H3,(H,35,42)/t11-,17-,18-,19-,21?,22?,27+,29-/m0/s1. The highest BCUT2D eigenvalue weighted by atomic mass is 19.4. The summed E-state index contributed by atoms with van der Waals surface area (Å²) in [5, 5.41) is 24.8. The van der Waals surface area contributed by atoms with Crippen LogP contribution in [0.1, 0.15) is 60.7 Å². The number of halogens is 3. The summed E-state index contributed by atoms with van der Waals surface area (Å²) in [4.78, 5) is 63.3. The van der Waals surface area contributed by atoms with Crippen LogP contribution < -0.4 is 11.1 Å². The van der Waals surface area contributed by atoms with Gasteiger partial charge in [0.2, 0.25) is 0 Å². The van der Waals surface area contributed by atoms with E-state index < -0.39 is 101 Å². The number of allylic oxidation sites excluding steroid dienone is 2. The molecule has 1 saturated heterocycles. The van der Waals surface area contributed by atoms with E-state index in [2.05, 4.69) is 0 Å². The van der Waals surface area contributed by atoms with Gasteiger partial charge in [0.25, 0.3) is 0 Å². The zero-order chi connectivity index (χ0) is 33.2. The van der Waals surface area contributed by atoms with Crippen molar-refractivity contribution < 1.29 is 61.6 Å². The van der Waals surface area contributed by atoms with Gasteiger partial charge >= 0.3 is 18.1 Å². The van der Waals surface area contributed by atoms with Crippen molar-refractivity contribution in [2.24, 2.45) is 17.6 Å². The molecule has 15 heteroatoms. The highest BCUT2D eigenvalue weighted by molar-refractivity contribution is 6.18. The molecule has 2 unspecified atom stereocenters. The molecule has 4 aliphatic rings. The first-order valence-corrected chi connectivity index (χ1v) is 14.1. The van der Waals surface area contributed by atoms with Gasteiger partial charge in [0.05, 0.1) is 35.6 Å². The maximum Gasteiger partial charge on any atom is 0.471 e. The lowest BCUT2D eigenvalue weighted by Gasteiger charge is -2.46. The van der Waals surface area contributed by atoms with E-state index in [1.807, 2.05) is 0 Å². The first kappa shape index (κ1) is 32.3. The van der Waals surface area contributed by atoms with Crippen molar-refractivity contribution in [1.82, 2.24) is 5.32 Å². The van der Waals surface area contributed by atoms with Gasteiger partial charge in [-0.05, 0) is 13.8 Å². The van der Waals surface area contributed by atoms with E-state index in [1.165, 1.54) is 26.0 Å². The van der Waals surface area contributed by atoms with Crippen molar-refractivity contribution in [3.05, 3.63) is 58.1 Å². The number of hydrogen-bond acceptors (Lipinski definition) is 11. The van der Waals surface area contributed by atoms with Crippen LogP contribution in [0.4, 0.5) is 13.2 Å². The average molecular weight is 637 g/mol. The van der Waals surface area contributed by atoms with Crippen molar-refractivity contribution in [2.45, 2.75) is 82.4 Å². The lowest BCUT2D eigenvalue weighted by Crippen LogP contribution is -2.60. The fourth-order valence-corrected chi connectivity index (χ4v) is 6.59. The maximum absolute atomic E-state index is 13.6. The minimum atomic E-state index is -5.25. The normalized spacial score (nSPS) is 33.2. The first-order valence-electron chi connectivity index (χ1n) is 14.1. The fourth-order valence-electron chi connectivity index (χ4n) is 6.59. The predicted octanol–water partition coefficient (Wildman–Crippen LogP) is 2.51. The van der Waals surface area contributed by atoms with Gasteiger partial charge in [0.1, 0.15) is 23.4 Å². The molecular formula is C30H31F3N2O10. The second-order valence-corrected chi connectivity index (χ2v) is 11.8. The molecule has 0 radical (unpaired) electrons. The monoisotopic (exact) mass is 636 g/mol. The number of ketones is 3. The van der Waals surface area contributed by atoms with Gasteiger partial charge in [-0.1, -0.05) is 24.3 Å². The van der Waals surface area contributed by atoms with E-state index in [0.29, 0.717) is 0 Å². The van der Waals surface area contributed by atoms with Gasteiger partial charge < -0.3 is 35.5 Å². The number of esters is 1. The van der Waals surface area contributed by atoms with E-state index in [0.717, 1.165) is 6.92 Å². The molecule has 2 fully saturated rings.